The molecule has 0 spiro atoms. The molecule has 0 aromatic rings. The van der Waals surface area contributed by atoms with Crippen molar-refractivity contribution < 1.29 is 9.90 Å². The van der Waals surface area contributed by atoms with E-state index in [0.29, 0.717) is 11.8 Å². The lowest BCUT2D eigenvalue weighted by molar-refractivity contribution is 0.215. The predicted molar refractivity (Wildman–Crippen MR) is 73.5 cm³/mol. The van der Waals surface area contributed by atoms with E-state index >= 15 is 0 Å². The molecule has 1 aliphatic rings. The van der Waals surface area contributed by atoms with Crippen LogP contribution in [0.25, 0.3) is 0 Å². The first-order valence-electron chi connectivity index (χ1n) is 7.31. The fourth-order valence-corrected chi connectivity index (χ4v) is 2.82. The van der Waals surface area contributed by atoms with Crippen LogP contribution in [-0.4, -0.2) is 30.3 Å². The van der Waals surface area contributed by atoms with Gasteiger partial charge in [0, 0.05) is 19.2 Å². The van der Waals surface area contributed by atoms with Crippen molar-refractivity contribution in [3.05, 3.63) is 0 Å². The highest BCUT2D eigenvalue weighted by molar-refractivity contribution is 5.74. The molecule has 4 heteroatoms. The maximum absolute atomic E-state index is 11.8. The quantitative estimate of drug-likeness (QED) is 0.655. The Morgan fingerprint density at radius 1 is 1.33 bits per heavy atom. The topological polar surface area (TPSA) is 61.4 Å². The highest BCUT2D eigenvalue weighted by atomic mass is 16.3. The van der Waals surface area contributed by atoms with E-state index < -0.39 is 0 Å². The molecular weight excluding hydrogens is 228 g/mol. The minimum absolute atomic E-state index is 0.0798. The van der Waals surface area contributed by atoms with Gasteiger partial charge in [-0.25, -0.2) is 4.79 Å². The zero-order chi connectivity index (χ0) is 13.4. The molecule has 0 bridgehead atoms. The number of rotatable bonds is 7. The van der Waals surface area contributed by atoms with Crippen LogP contribution in [0, 0.1) is 5.41 Å². The SMILES string of the molecule is CCC(CCO)NC(=O)NCC1(CC)CCCC1. The Labute approximate surface area is 111 Å². The van der Waals surface area contributed by atoms with Crippen LogP contribution in [0.5, 0.6) is 0 Å². The summed E-state index contributed by atoms with van der Waals surface area (Å²) in [5.74, 6) is 0. The van der Waals surface area contributed by atoms with Crippen molar-refractivity contribution >= 4 is 6.03 Å². The van der Waals surface area contributed by atoms with Gasteiger partial charge in [-0.15, -0.1) is 0 Å². The van der Waals surface area contributed by atoms with Crippen LogP contribution in [0.2, 0.25) is 0 Å². The molecule has 106 valence electrons. The molecule has 0 aromatic carbocycles. The fraction of sp³-hybridized carbons (Fsp3) is 0.929. The molecule has 0 heterocycles. The largest absolute Gasteiger partial charge is 0.396 e. The molecule has 1 unspecified atom stereocenters. The lowest BCUT2D eigenvalue weighted by Gasteiger charge is -2.28. The van der Waals surface area contributed by atoms with Crippen molar-refractivity contribution in [1.29, 1.82) is 0 Å². The Hall–Kier alpha value is -0.770. The molecule has 1 atom stereocenters. The zero-order valence-electron chi connectivity index (χ0n) is 11.8. The van der Waals surface area contributed by atoms with Crippen molar-refractivity contribution in [3.63, 3.8) is 0 Å². The third-order valence-electron chi connectivity index (χ3n) is 4.34. The molecule has 0 aromatic heterocycles. The summed E-state index contributed by atoms with van der Waals surface area (Å²) in [7, 11) is 0. The molecule has 1 saturated carbocycles. The fourth-order valence-electron chi connectivity index (χ4n) is 2.82. The van der Waals surface area contributed by atoms with E-state index in [9.17, 15) is 4.79 Å². The number of hydrogen-bond acceptors (Lipinski definition) is 2. The first kappa shape index (κ1) is 15.3. The molecule has 0 saturated heterocycles. The lowest BCUT2D eigenvalue weighted by atomic mass is 9.83. The molecule has 4 nitrogen and oxygen atoms in total. The summed E-state index contributed by atoms with van der Waals surface area (Å²) in [6.07, 6.45) is 7.67. The Morgan fingerprint density at radius 2 is 2.00 bits per heavy atom. The number of hydrogen-bond donors (Lipinski definition) is 3. The third-order valence-corrected chi connectivity index (χ3v) is 4.34. The molecule has 3 N–H and O–H groups in total. The Kier molecular flexibility index (Phi) is 6.47. The van der Waals surface area contributed by atoms with Gasteiger partial charge in [-0.1, -0.05) is 26.7 Å². The van der Waals surface area contributed by atoms with Gasteiger partial charge in [0.2, 0.25) is 0 Å². The second-order valence-electron chi connectivity index (χ2n) is 5.51. The highest BCUT2D eigenvalue weighted by Crippen LogP contribution is 2.40. The average Bonchev–Trinajstić information content (AvgIpc) is 2.85. The summed E-state index contributed by atoms with van der Waals surface area (Å²) in [6, 6.07) is -0.00817. The smallest absolute Gasteiger partial charge is 0.315 e. The number of aliphatic hydroxyl groups excluding tert-OH is 1. The van der Waals surface area contributed by atoms with Crippen molar-refractivity contribution in [2.24, 2.45) is 5.41 Å². The summed E-state index contributed by atoms with van der Waals surface area (Å²) in [5, 5.41) is 14.8. The van der Waals surface area contributed by atoms with Crippen LogP contribution in [0.4, 0.5) is 4.79 Å². The number of urea groups is 1. The maximum Gasteiger partial charge on any atom is 0.315 e. The van der Waals surface area contributed by atoms with E-state index in [2.05, 4.69) is 17.6 Å². The lowest BCUT2D eigenvalue weighted by Crippen LogP contribution is -2.45. The predicted octanol–water partition coefficient (Wildman–Crippen LogP) is 2.42. The number of carbonyl (C=O) groups excluding carboxylic acids is 1. The summed E-state index contributed by atoms with van der Waals surface area (Å²) < 4.78 is 0. The van der Waals surface area contributed by atoms with Crippen molar-refractivity contribution in [3.8, 4) is 0 Å². The van der Waals surface area contributed by atoms with Crippen LogP contribution in [0.15, 0.2) is 0 Å². The summed E-state index contributed by atoms with van der Waals surface area (Å²) in [6.45, 7) is 5.14. The van der Waals surface area contributed by atoms with E-state index in [1.807, 2.05) is 6.92 Å². The normalized spacial score (nSPS) is 19.5. The van der Waals surface area contributed by atoms with Crippen LogP contribution < -0.4 is 10.6 Å². The van der Waals surface area contributed by atoms with Crippen LogP contribution >= 0.6 is 0 Å². The van der Waals surface area contributed by atoms with Crippen LogP contribution in [-0.2, 0) is 0 Å². The minimum atomic E-state index is -0.0879. The van der Waals surface area contributed by atoms with Gasteiger partial charge in [0.1, 0.15) is 0 Å². The van der Waals surface area contributed by atoms with Gasteiger partial charge in [-0.05, 0) is 37.5 Å². The minimum Gasteiger partial charge on any atom is -0.396 e. The Balaban J connectivity index is 2.31. The van der Waals surface area contributed by atoms with E-state index in [1.165, 1.54) is 25.7 Å². The van der Waals surface area contributed by atoms with E-state index in [0.717, 1.165) is 19.4 Å². The molecule has 1 rings (SSSR count). The van der Waals surface area contributed by atoms with Crippen molar-refractivity contribution in [1.82, 2.24) is 10.6 Å². The van der Waals surface area contributed by atoms with Gasteiger partial charge in [0.05, 0.1) is 0 Å². The molecule has 0 radical (unpaired) electrons. The van der Waals surface area contributed by atoms with E-state index in [1.54, 1.807) is 0 Å². The highest BCUT2D eigenvalue weighted by Gasteiger charge is 2.32. The second kappa shape index (κ2) is 7.62. The van der Waals surface area contributed by atoms with E-state index in [4.69, 9.17) is 5.11 Å². The molecule has 0 aliphatic heterocycles. The number of aliphatic hydroxyl groups is 1. The van der Waals surface area contributed by atoms with E-state index in [-0.39, 0.29) is 18.7 Å². The maximum atomic E-state index is 11.8. The van der Waals surface area contributed by atoms with Gasteiger partial charge in [-0.2, -0.15) is 0 Å². The van der Waals surface area contributed by atoms with Crippen LogP contribution in [0.1, 0.15) is 58.8 Å². The molecule has 1 fully saturated rings. The first-order valence-corrected chi connectivity index (χ1v) is 7.31. The molecular formula is C14H28N2O2. The number of amides is 2. The van der Waals surface area contributed by atoms with Gasteiger partial charge >= 0.3 is 6.03 Å². The average molecular weight is 256 g/mol. The Morgan fingerprint density at radius 3 is 2.50 bits per heavy atom. The van der Waals surface area contributed by atoms with Gasteiger partial charge in [-0.3, -0.25) is 0 Å². The van der Waals surface area contributed by atoms with Gasteiger partial charge in [0.25, 0.3) is 0 Å². The monoisotopic (exact) mass is 256 g/mol. The van der Waals surface area contributed by atoms with Gasteiger partial charge in [0.15, 0.2) is 0 Å². The molecule has 18 heavy (non-hydrogen) atoms. The van der Waals surface area contributed by atoms with Crippen LogP contribution in [0.3, 0.4) is 0 Å². The van der Waals surface area contributed by atoms with Crippen molar-refractivity contribution in [2.45, 2.75) is 64.8 Å². The number of nitrogens with one attached hydrogen (secondary N) is 2. The standard InChI is InChI=1S/C14H28N2O2/c1-3-12(7-10-17)16-13(18)15-11-14(4-2)8-5-6-9-14/h12,17H,3-11H2,1-2H3,(H2,15,16,18). The molecule has 1 aliphatic carbocycles. The summed E-state index contributed by atoms with van der Waals surface area (Å²) >= 11 is 0. The molecule has 2 amide bonds. The number of carbonyl (C=O) groups is 1. The second-order valence-corrected chi connectivity index (χ2v) is 5.51. The summed E-state index contributed by atoms with van der Waals surface area (Å²) in [4.78, 5) is 11.8. The third kappa shape index (κ3) is 4.48. The zero-order valence-corrected chi connectivity index (χ0v) is 11.8. The Bertz CT molecular complexity index is 250. The summed E-state index contributed by atoms with van der Waals surface area (Å²) in [5.41, 5.74) is 0.329. The van der Waals surface area contributed by atoms with Gasteiger partial charge < -0.3 is 15.7 Å². The first-order chi connectivity index (χ1) is 8.65. The van der Waals surface area contributed by atoms with Crippen molar-refractivity contribution in [2.75, 3.05) is 13.2 Å².